The summed E-state index contributed by atoms with van der Waals surface area (Å²) in [5.74, 6) is -1.80. The van der Waals surface area contributed by atoms with Gasteiger partial charge in [0.15, 0.2) is 0 Å². The maximum atomic E-state index is 12.6. The van der Waals surface area contributed by atoms with Crippen molar-refractivity contribution in [3.05, 3.63) is 48.6 Å². The average Bonchev–Trinajstić information content (AvgIpc) is 3.15. The molecule has 3 unspecified atom stereocenters. The topological polar surface area (TPSA) is 155 Å². The molecule has 10 nitrogen and oxygen atoms in total. The number of phosphoric ester groups is 1. The Bertz CT molecular complexity index is 1050. The maximum Gasteiger partial charge on any atom is 0.472 e. The molecule has 0 fully saturated rings. The minimum absolute atomic E-state index is 0.00779. The molecule has 0 aliphatic carbocycles. The van der Waals surface area contributed by atoms with Crippen LogP contribution in [0, 0.1) is 0 Å². The Hall–Kier alpha value is -2.07. The van der Waals surface area contributed by atoms with Gasteiger partial charge in [0.2, 0.25) is 0 Å². The van der Waals surface area contributed by atoms with E-state index < -0.39 is 45.1 Å². The number of esters is 1. The molecule has 0 aromatic rings. The summed E-state index contributed by atoms with van der Waals surface area (Å²) in [5, 5.41) is 8.89. The number of carboxylic acids is 1. The van der Waals surface area contributed by atoms with Crippen LogP contribution in [0.15, 0.2) is 48.6 Å². The summed E-state index contributed by atoms with van der Waals surface area (Å²) >= 11 is 0. The van der Waals surface area contributed by atoms with Gasteiger partial charge in [0.25, 0.3) is 0 Å². The summed E-state index contributed by atoms with van der Waals surface area (Å²) in [6.45, 7) is 3.74. The first kappa shape index (κ1) is 51.9. The second-order valence-corrected chi connectivity index (χ2v) is 15.5. The summed E-state index contributed by atoms with van der Waals surface area (Å²) in [4.78, 5) is 33.5. The van der Waals surface area contributed by atoms with E-state index in [1.165, 1.54) is 77.0 Å². The SMILES string of the molecule is CC/C=C\C/C=C\C/C=C\C/C=C\CCCCCCC(=O)OC(COCCCCCCCCCCCCCCCCC)COP(=O)(O)OCC(N)C(=O)O. The van der Waals surface area contributed by atoms with Crippen molar-refractivity contribution in [2.45, 2.75) is 187 Å². The van der Waals surface area contributed by atoms with Gasteiger partial charge in [-0.05, 0) is 51.4 Å². The second kappa shape index (κ2) is 39.2. The Balaban J connectivity index is 4.30. The quantitative estimate of drug-likeness (QED) is 0.0237. The van der Waals surface area contributed by atoms with E-state index in [0.717, 1.165) is 70.6 Å². The molecule has 0 rings (SSSR count). The van der Waals surface area contributed by atoms with Crippen LogP contribution in [-0.2, 0) is 32.7 Å². The summed E-state index contributed by atoms with van der Waals surface area (Å²) in [6, 6.07) is -1.48. The number of ether oxygens (including phenoxy) is 2. The number of nitrogens with two attached hydrogens (primary N) is 1. The minimum Gasteiger partial charge on any atom is -0.480 e. The molecule has 0 aliphatic heterocycles. The van der Waals surface area contributed by atoms with Crippen molar-refractivity contribution in [2.75, 3.05) is 26.4 Å². The van der Waals surface area contributed by atoms with Gasteiger partial charge in [0, 0.05) is 13.0 Å². The third-order valence-corrected chi connectivity index (χ3v) is 9.82. The zero-order valence-electron chi connectivity index (χ0n) is 34.1. The van der Waals surface area contributed by atoms with Crippen LogP contribution in [0.3, 0.4) is 0 Å². The van der Waals surface area contributed by atoms with Gasteiger partial charge in [-0.1, -0.05) is 165 Å². The Morgan fingerprint density at radius 3 is 1.61 bits per heavy atom. The van der Waals surface area contributed by atoms with E-state index in [9.17, 15) is 19.0 Å². The molecular weight excluding hydrogens is 705 g/mol. The van der Waals surface area contributed by atoms with Crippen molar-refractivity contribution < 1.29 is 42.7 Å². The molecule has 0 saturated carbocycles. The van der Waals surface area contributed by atoms with Gasteiger partial charge >= 0.3 is 19.8 Å². The lowest BCUT2D eigenvalue weighted by Crippen LogP contribution is -2.34. The number of carbonyl (C=O) groups is 2. The lowest BCUT2D eigenvalue weighted by atomic mass is 10.0. The average molecular weight is 784 g/mol. The van der Waals surface area contributed by atoms with Crippen LogP contribution in [0.2, 0.25) is 0 Å². The highest BCUT2D eigenvalue weighted by molar-refractivity contribution is 7.47. The molecule has 0 heterocycles. The number of allylic oxidation sites excluding steroid dienone is 8. The third kappa shape index (κ3) is 38.2. The number of carboxylic acid groups (broad SMARTS) is 1. The Morgan fingerprint density at radius 1 is 0.611 bits per heavy atom. The van der Waals surface area contributed by atoms with Crippen molar-refractivity contribution in [3.63, 3.8) is 0 Å². The van der Waals surface area contributed by atoms with Gasteiger partial charge in [0.1, 0.15) is 12.1 Å². The normalized spacial score (nSPS) is 14.4. The van der Waals surface area contributed by atoms with Crippen LogP contribution in [-0.4, -0.2) is 60.5 Å². The fourth-order valence-electron chi connectivity index (χ4n) is 5.59. The first-order chi connectivity index (χ1) is 26.2. The molecule has 0 bridgehead atoms. The van der Waals surface area contributed by atoms with Gasteiger partial charge in [-0.25, -0.2) is 4.57 Å². The zero-order chi connectivity index (χ0) is 39.8. The lowest BCUT2D eigenvalue weighted by Gasteiger charge is -2.20. The molecule has 11 heteroatoms. The first-order valence-electron chi connectivity index (χ1n) is 21.2. The van der Waals surface area contributed by atoms with Gasteiger partial charge in [-0.15, -0.1) is 0 Å². The molecular formula is C43H78NO9P. The van der Waals surface area contributed by atoms with Gasteiger partial charge in [0.05, 0.1) is 19.8 Å². The molecule has 4 N–H and O–H groups in total. The van der Waals surface area contributed by atoms with Gasteiger partial charge in [-0.2, -0.15) is 0 Å². The highest BCUT2D eigenvalue weighted by Crippen LogP contribution is 2.43. The monoisotopic (exact) mass is 784 g/mol. The number of phosphoric acid groups is 1. The van der Waals surface area contributed by atoms with Crippen molar-refractivity contribution in [1.29, 1.82) is 0 Å². The van der Waals surface area contributed by atoms with Crippen LogP contribution >= 0.6 is 7.82 Å². The van der Waals surface area contributed by atoms with Crippen LogP contribution in [0.1, 0.15) is 174 Å². The van der Waals surface area contributed by atoms with Crippen molar-refractivity contribution in [2.24, 2.45) is 5.73 Å². The van der Waals surface area contributed by atoms with Gasteiger partial charge in [-0.3, -0.25) is 18.6 Å². The number of hydrogen-bond acceptors (Lipinski definition) is 8. The van der Waals surface area contributed by atoms with Crippen LogP contribution in [0.5, 0.6) is 0 Å². The fraction of sp³-hybridized carbons (Fsp3) is 0.767. The number of hydrogen-bond donors (Lipinski definition) is 3. The molecule has 54 heavy (non-hydrogen) atoms. The van der Waals surface area contributed by atoms with Crippen molar-refractivity contribution >= 4 is 19.8 Å². The molecule has 0 aromatic heterocycles. The zero-order valence-corrected chi connectivity index (χ0v) is 35.0. The second-order valence-electron chi connectivity index (χ2n) is 14.1. The maximum absolute atomic E-state index is 12.6. The van der Waals surface area contributed by atoms with E-state index in [4.69, 9.17) is 29.4 Å². The van der Waals surface area contributed by atoms with Crippen LogP contribution < -0.4 is 5.73 Å². The molecule has 0 radical (unpaired) electrons. The smallest absolute Gasteiger partial charge is 0.472 e. The predicted octanol–water partition coefficient (Wildman–Crippen LogP) is 11.5. The highest BCUT2D eigenvalue weighted by atomic mass is 31.2. The van der Waals surface area contributed by atoms with Gasteiger partial charge < -0.3 is 25.2 Å². The fourth-order valence-corrected chi connectivity index (χ4v) is 6.37. The summed E-state index contributed by atoms with van der Waals surface area (Å²) in [6.07, 6.45) is 44.4. The largest absolute Gasteiger partial charge is 0.480 e. The lowest BCUT2D eigenvalue weighted by molar-refractivity contribution is -0.154. The van der Waals surface area contributed by atoms with Crippen LogP contribution in [0.25, 0.3) is 0 Å². The number of unbranched alkanes of at least 4 members (excludes halogenated alkanes) is 18. The Labute approximate surface area is 329 Å². The molecule has 3 atom stereocenters. The van der Waals surface area contributed by atoms with Crippen molar-refractivity contribution in [3.8, 4) is 0 Å². The first-order valence-corrected chi connectivity index (χ1v) is 22.7. The summed E-state index contributed by atoms with van der Waals surface area (Å²) in [7, 11) is -4.62. The van der Waals surface area contributed by atoms with E-state index in [1.807, 2.05) is 0 Å². The van der Waals surface area contributed by atoms with E-state index in [-0.39, 0.29) is 13.0 Å². The number of rotatable bonds is 40. The summed E-state index contributed by atoms with van der Waals surface area (Å²) in [5.41, 5.74) is 5.35. The standard InChI is InChI=1S/C43H78NO9P/c1-3-5-7-9-11-13-15-17-19-20-21-23-25-27-29-31-33-35-42(45)53-40(38-51-54(48,49)52-39-41(44)43(46)47)37-50-36-34-32-30-28-26-24-22-18-16-14-12-10-8-6-4-2/h5,7,11,13,17,19,21,23,40-41H,3-4,6,8-10,12,14-16,18,20,22,24-39,44H2,1-2H3,(H,46,47)(H,48,49)/b7-5-,13-11-,19-17-,23-21-. The van der Waals surface area contributed by atoms with E-state index >= 15 is 0 Å². The predicted molar refractivity (Wildman–Crippen MR) is 221 cm³/mol. The molecule has 0 aliphatic rings. The Kier molecular flexibility index (Phi) is 37.7. The number of aliphatic carboxylic acids is 1. The van der Waals surface area contributed by atoms with E-state index in [1.54, 1.807) is 0 Å². The molecule has 314 valence electrons. The van der Waals surface area contributed by atoms with E-state index in [0.29, 0.717) is 13.0 Å². The van der Waals surface area contributed by atoms with E-state index in [2.05, 4.69) is 62.5 Å². The van der Waals surface area contributed by atoms with Crippen LogP contribution in [0.4, 0.5) is 0 Å². The highest BCUT2D eigenvalue weighted by Gasteiger charge is 2.27. The molecule has 0 amide bonds. The molecule has 0 saturated heterocycles. The molecule has 0 aromatic carbocycles. The van der Waals surface area contributed by atoms with Crippen molar-refractivity contribution in [1.82, 2.24) is 0 Å². The number of carbonyl (C=O) groups excluding carboxylic acids is 1. The third-order valence-electron chi connectivity index (χ3n) is 8.87. The summed E-state index contributed by atoms with van der Waals surface area (Å²) < 4.78 is 33.3. The molecule has 0 spiro atoms. The Morgan fingerprint density at radius 2 is 1.07 bits per heavy atom. The minimum atomic E-state index is -4.62.